The predicted molar refractivity (Wildman–Crippen MR) is 75.8 cm³/mol. The van der Waals surface area contributed by atoms with Gasteiger partial charge in [0.15, 0.2) is 0 Å². The Labute approximate surface area is 123 Å². The highest BCUT2D eigenvalue weighted by Gasteiger charge is 2.18. The second-order valence-electron chi connectivity index (χ2n) is 4.09. The largest absolute Gasteiger partial charge is 0.465 e. The summed E-state index contributed by atoms with van der Waals surface area (Å²) in [4.78, 5) is 11.7. The van der Waals surface area contributed by atoms with Crippen LogP contribution >= 0.6 is 15.9 Å². The van der Waals surface area contributed by atoms with E-state index >= 15 is 0 Å². The first kappa shape index (κ1) is 14.7. The molecule has 0 radical (unpaired) electrons. The number of benzene rings is 2. The Morgan fingerprint density at radius 2 is 1.95 bits per heavy atom. The molecule has 20 heavy (non-hydrogen) atoms. The van der Waals surface area contributed by atoms with Gasteiger partial charge in [0.05, 0.1) is 7.11 Å². The summed E-state index contributed by atoms with van der Waals surface area (Å²) in [5.41, 5.74) is 1.02. The number of hydrogen-bond acceptors (Lipinski definition) is 2. The van der Waals surface area contributed by atoms with E-state index in [9.17, 15) is 13.6 Å². The van der Waals surface area contributed by atoms with Gasteiger partial charge in [-0.05, 0) is 28.8 Å². The third-order valence-electron chi connectivity index (χ3n) is 2.91. The minimum absolute atomic E-state index is 0.194. The first-order valence-electron chi connectivity index (χ1n) is 5.80. The molecule has 0 spiro atoms. The van der Waals surface area contributed by atoms with Gasteiger partial charge in [-0.25, -0.2) is 13.6 Å². The number of esters is 1. The van der Waals surface area contributed by atoms with Crippen molar-refractivity contribution in [2.24, 2.45) is 0 Å². The Bertz CT molecular complexity index is 656. The number of halogens is 3. The SMILES string of the molecule is COC(=O)c1c(F)cccc1-c1ccc(CBr)c(F)c1. The Morgan fingerprint density at radius 1 is 1.20 bits per heavy atom. The fourth-order valence-electron chi connectivity index (χ4n) is 1.90. The highest BCUT2D eigenvalue weighted by Crippen LogP contribution is 2.28. The van der Waals surface area contributed by atoms with Gasteiger partial charge in [-0.3, -0.25) is 0 Å². The number of alkyl halides is 1. The molecular formula is C15H11BrF2O2. The quantitative estimate of drug-likeness (QED) is 0.614. The maximum Gasteiger partial charge on any atom is 0.341 e. The van der Waals surface area contributed by atoms with E-state index in [1.165, 1.54) is 25.3 Å². The molecule has 2 aromatic carbocycles. The van der Waals surface area contributed by atoms with Crippen LogP contribution in [-0.2, 0) is 10.1 Å². The summed E-state index contributed by atoms with van der Waals surface area (Å²) in [5, 5.41) is 0.381. The molecule has 0 saturated heterocycles. The zero-order chi connectivity index (χ0) is 14.7. The number of methoxy groups -OCH3 is 1. The van der Waals surface area contributed by atoms with Crippen LogP contribution in [0.4, 0.5) is 8.78 Å². The third-order valence-corrected chi connectivity index (χ3v) is 3.52. The lowest BCUT2D eigenvalue weighted by Crippen LogP contribution is -2.07. The monoisotopic (exact) mass is 340 g/mol. The van der Waals surface area contributed by atoms with E-state index in [0.717, 1.165) is 0 Å². The van der Waals surface area contributed by atoms with Crippen molar-refractivity contribution in [3.05, 3.63) is 59.2 Å². The van der Waals surface area contributed by atoms with Gasteiger partial charge in [0.2, 0.25) is 0 Å². The number of hydrogen-bond donors (Lipinski definition) is 0. The molecule has 0 aliphatic heterocycles. The molecule has 2 rings (SSSR count). The number of rotatable bonds is 3. The van der Waals surface area contributed by atoms with Crippen LogP contribution in [0.25, 0.3) is 11.1 Å². The Balaban J connectivity index is 2.61. The van der Waals surface area contributed by atoms with Gasteiger partial charge in [0.1, 0.15) is 17.2 Å². The van der Waals surface area contributed by atoms with E-state index in [4.69, 9.17) is 0 Å². The first-order valence-corrected chi connectivity index (χ1v) is 6.92. The summed E-state index contributed by atoms with van der Waals surface area (Å²) >= 11 is 3.18. The first-order chi connectivity index (χ1) is 9.58. The van der Waals surface area contributed by atoms with Gasteiger partial charge in [-0.2, -0.15) is 0 Å². The highest BCUT2D eigenvalue weighted by atomic mass is 79.9. The lowest BCUT2D eigenvalue weighted by molar-refractivity contribution is 0.0596. The number of carbonyl (C=O) groups excluding carboxylic acids is 1. The molecule has 104 valence electrons. The zero-order valence-electron chi connectivity index (χ0n) is 10.6. The topological polar surface area (TPSA) is 26.3 Å². The lowest BCUT2D eigenvalue weighted by Gasteiger charge is -2.10. The normalized spacial score (nSPS) is 10.4. The van der Waals surface area contributed by atoms with Crippen molar-refractivity contribution in [2.45, 2.75) is 5.33 Å². The molecule has 2 aromatic rings. The van der Waals surface area contributed by atoms with E-state index in [0.29, 0.717) is 22.0 Å². The van der Waals surface area contributed by atoms with Crippen LogP contribution in [0.15, 0.2) is 36.4 Å². The van der Waals surface area contributed by atoms with E-state index in [1.807, 2.05) is 0 Å². The van der Waals surface area contributed by atoms with Gasteiger partial charge < -0.3 is 4.74 Å². The van der Waals surface area contributed by atoms with Gasteiger partial charge in [0.25, 0.3) is 0 Å². The summed E-state index contributed by atoms with van der Waals surface area (Å²) in [6.07, 6.45) is 0. The van der Waals surface area contributed by atoms with Crippen molar-refractivity contribution < 1.29 is 18.3 Å². The van der Waals surface area contributed by atoms with Crippen LogP contribution in [0.1, 0.15) is 15.9 Å². The number of carbonyl (C=O) groups is 1. The smallest absolute Gasteiger partial charge is 0.341 e. The van der Waals surface area contributed by atoms with Crippen LogP contribution in [-0.4, -0.2) is 13.1 Å². The molecule has 0 atom stereocenters. The average molecular weight is 341 g/mol. The second-order valence-corrected chi connectivity index (χ2v) is 4.65. The van der Waals surface area contributed by atoms with E-state index in [1.54, 1.807) is 18.2 Å². The van der Waals surface area contributed by atoms with Crippen LogP contribution < -0.4 is 0 Å². The molecule has 0 aliphatic carbocycles. The highest BCUT2D eigenvalue weighted by molar-refractivity contribution is 9.08. The Hall–Kier alpha value is -1.75. The van der Waals surface area contributed by atoms with Crippen molar-refractivity contribution in [2.75, 3.05) is 7.11 Å². The fourth-order valence-corrected chi connectivity index (χ4v) is 2.35. The lowest BCUT2D eigenvalue weighted by atomic mass is 9.98. The molecule has 0 heterocycles. The second kappa shape index (κ2) is 6.13. The molecular weight excluding hydrogens is 330 g/mol. The third kappa shape index (κ3) is 2.72. The molecule has 0 N–H and O–H groups in total. The van der Waals surface area contributed by atoms with Crippen molar-refractivity contribution in [1.29, 1.82) is 0 Å². The van der Waals surface area contributed by atoms with Crippen LogP contribution in [0, 0.1) is 11.6 Å². The van der Waals surface area contributed by atoms with Gasteiger partial charge >= 0.3 is 5.97 Å². The van der Waals surface area contributed by atoms with Crippen LogP contribution in [0.2, 0.25) is 0 Å². The summed E-state index contributed by atoms with van der Waals surface area (Å²) < 4.78 is 32.2. The predicted octanol–water partition coefficient (Wildman–Crippen LogP) is 4.31. The molecule has 0 saturated carbocycles. The molecule has 0 aliphatic rings. The molecule has 0 aromatic heterocycles. The van der Waals surface area contributed by atoms with Gasteiger partial charge in [0, 0.05) is 5.33 Å². The van der Waals surface area contributed by atoms with Gasteiger partial charge in [-0.15, -0.1) is 0 Å². The minimum Gasteiger partial charge on any atom is -0.465 e. The maximum absolute atomic E-state index is 13.8. The van der Waals surface area contributed by atoms with Gasteiger partial charge in [-0.1, -0.05) is 40.2 Å². The number of ether oxygens (including phenoxy) is 1. The Kier molecular flexibility index (Phi) is 4.49. The zero-order valence-corrected chi connectivity index (χ0v) is 12.2. The molecule has 0 bridgehead atoms. The van der Waals surface area contributed by atoms with Crippen LogP contribution in [0.3, 0.4) is 0 Å². The Morgan fingerprint density at radius 3 is 2.55 bits per heavy atom. The average Bonchev–Trinajstić information content (AvgIpc) is 2.46. The molecule has 0 amide bonds. The molecule has 2 nitrogen and oxygen atoms in total. The fraction of sp³-hybridized carbons (Fsp3) is 0.133. The maximum atomic E-state index is 13.8. The minimum atomic E-state index is -0.789. The standard InChI is InChI=1S/C15H11BrF2O2/c1-20-15(19)14-11(3-2-4-12(14)17)9-5-6-10(8-16)13(18)7-9/h2-7H,8H2,1H3. The van der Waals surface area contributed by atoms with E-state index in [-0.39, 0.29) is 5.56 Å². The molecule has 0 fully saturated rings. The van der Waals surface area contributed by atoms with Crippen molar-refractivity contribution in [3.63, 3.8) is 0 Å². The van der Waals surface area contributed by atoms with E-state index < -0.39 is 17.6 Å². The summed E-state index contributed by atoms with van der Waals surface area (Å²) in [6.45, 7) is 0. The van der Waals surface area contributed by atoms with Crippen molar-refractivity contribution in [1.82, 2.24) is 0 Å². The molecule has 0 unspecified atom stereocenters. The summed E-state index contributed by atoms with van der Waals surface area (Å²) in [6, 6.07) is 8.69. The summed E-state index contributed by atoms with van der Waals surface area (Å²) in [7, 11) is 1.17. The van der Waals surface area contributed by atoms with Crippen molar-refractivity contribution in [3.8, 4) is 11.1 Å². The summed E-state index contributed by atoms with van der Waals surface area (Å²) in [5.74, 6) is -1.90. The van der Waals surface area contributed by atoms with E-state index in [2.05, 4.69) is 20.7 Å². The van der Waals surface area contributed by atoms with Crippen molar-refractivity contribution >= 4 is 21.9 Å². The molecule has 5 heteroatoms. The van der Waals surface area contributed by atoms with Crippen LogP contribution in [0.5, 0.6) is 0 Å².